The van der Waals surface area contributed by atoms with E-state index in [9.17, 15) is 14.4 Å². The number of esters is 1. The fourth-order valence-electron chi connectivity index (χ4n) is 2.02. The first-order valence-electron chi connectivity index (χ1n) is 6.66. The third-order valence-corrected chi connectivity index (χ3v) is 3.19. The Morgan fingerprint density at radius 3 is 2.45 bits per heavy atom. The first-order valence-corrected chi connectivity index (χ1v) is 6.66. The summed E-state index contributed by atoms with van der Waals surface area (Å²) in [6, 6.07) is 10.3. The van der Waals surface area contributed by atoms with Gasteiger partial charge in [-0.15, -0.1) is 0 Å². The number of benzene rings is 1. The van der Waals surface area contributed by atoms with Crippen molar-refractivity contribution in [2.75, 3.05) is 7.11 Å². The highest BCUT2D eigenvalue weighted by atomic mass is 16.5. The molecule has 0 aliphatic rings. The highest BCUT2D eigenvalue weighted by molar-refractivity contribution is 5.99. The number of Topliss-reactive ketones (excluding diaryl/α,β-unsaturated/α-hetero) is 1. The van der Waals surface area contributed by atoms with Crippen molar-refractivity contribution in [3.05, 3.63) is 70.1 Å². The van der Waals surface area contributed by atoms with Crippen LogP contribution < -0.4 is 11.3 Å². The van der Waals surface area contributed by atoms with Crippen LogP contribution in [0.25, 0.3) is 0 Å². The molecule has 2 rings (SSSR count). The average molecular weight is 300 g/mol. The van der Waals surface area contributed by atoms with Crippen LogP contribution in [0.1, 0.15) is 20.7 Å². The molecule has 0 saturated heterocycles. The monoisotopic (exact) mass is 300 g/mol. The summed E-state index contributed by atoms with van der Waals surface area (Å²) in [5.41, 5.74) is 6.24. The number of hydrogen-bond acceptors (Lipinski definition) is 5. The Bertz CT molecular complexity index is 737. The summed E-state index contributed by atoms with van der Waals surface area (Å²) in [6.07, 6.45) is 1.34. The number of rotatable bonds is 5. The van der Waals surface area contributed by atoms with E-state index in [0.717, 1.165) is 0 Å². The van der Waals surface area contributed by atoms with Gasteiger partial charge in [0.1, 0.15) is 0 Å². The van der Waals surface area contributed by atoms with Crippen molar-refractivity contribution in [1.82, 2.24) is 4.57 Å². The van der Waals surface area contributed by atoms with Gasteiger partial charge in [-0.05, 0) is 6.07 Å². The van der Waals surface area contributed by atoms with Crippen LogP contribution in [0.3, 0.4) is 0 Å². The van der Waals surface area contributed by atoms with Crippen molar-refractivity contribution in [3.8, 4) is 0 Å². The minimum absolute atomic E-state index is 0.0165. The zero-order valence-corrected chi connectivity index (χ0v) is 12.1. The van der Waals surface area contributed by atoms with Crippen LogP contribution in [0.5, 0.6) is 0 Å². The van der Waals surface area contributed by atoms with Crippen LogP contribution in [0.15, 0.2) is 53.5 Å². The molecule has 0 spiro atoms. The largest absolute Gasteiger partial charge is 0.465 e. The fourth-order valence-corrected chi connectivity index (χ4v) is 2.02. The van der Waals surface area contributed by atoms with E-state index in [4.69, 9.17) is 5.73 Å². The van der Waals surface area contributed by atoms with Crippen LogP contribution in [-0.4, -0.2) is 29.5 Å². The maximum Gasteiger partial charge on any atom is 0.339 e. The number of pyridine rings is 1. The van der Waals surface area contributed by atoms with E-state index < -0.39 is 12.0 Å². The Balaban J connectivity index is 2.21. The van der Waals surface area contributed by atoms with E-state index in [-0.39, 0.29) is 23.5 Å². The second kappa shape index (κ2) is 6.82. The van der Waals surface area contributed by atoms with Crippen molar-refractivity contribution in [1.29, 1.82) is 0 Å². The van der Waals surface area contributed by atoms with Crippen LogP contribution >= 0.6 is 0 Å². The zero-order chi connectivity index (χ0) is 16.1. The van der Waals surface area contributed by atoms with Gasteiger partial charge in [-0.3, -0.25) is 9.59 Å². The van der Waals surface area contributed by atoms with Crippen LogP contribution in [0.4, 0.5) is 0 Å². The van der Waals surface area contributed by atoms with Gasteiger partial charge in [-0.1, -0.05) is 30.3 Å². The third-order valence-electron chi connectivity index (χ3n) is 3.19. The number of methoxy groups -OCH3 is 1. The average Bonchev–Trinajstić information content (AvgIpc) is 2.56. The number of aromatic nitrogens is 1. The van der Waals surface area contributed by atoms with Gasteiger partial charge in [0.2, 0.25) is 0 Å². The lowest BCUT2D eigenvalue weighted by molar-refractivity contribution is 0.0599. The molecule has 114 valence electrons. The predicted octanol–water partition coefficient (Wildman–Crippen LogP) is 0.845. The number of ketones is 1. The van der Waals surface area contributed by atoms with Gasteiger partial charge in [0.25, 0.3) is 5.56 Å². The molecule has 2 N–H and O–H groups in total. The molecule has 0 saturated carbocycles. The zero-order valence-electron chi connectivity index (χ0n) is 12.1. The predicted molar refractivity (Wildman–Crippen MR) is 80.8 cm³/mol. The van der Waals surface area contributed by atoms with Gasteiger partial charge in [0.05, 0.1) is 18.7 Å². The Labute approximate surface area is 127 Å². The summed E-state index contributed by atoms with van der Waals surface area (Å²) < 4.78 is 5.83. The Hall–Kier alpha value is -2.73. The van der Waals surface area contributed by atoms with E-state index in [0.29, 0.717) is 5.56 Å². The normalized spacial score (nSPS) is 11.7. The van der Waals surface area contributed by atoms with Gasteiger partial charge in [-0.2, -0.15) is 0 Å². The maximum absolute atomic E-state index is 12.2. The smallest absolute Gasteiger partial charge is 0.339 e. The van der Waals surface area contributed by atoms with Crippen molar-refractivity contribution >= 4 is 11.8 Å². The minimum atomic E-state index is -0.881. The SMILES string of the molecule is COC(=O)c1ccc(=O)n(CC(N)C(=O)c2ccccc2)c1. The quantitative estimate of drug-likeness (QED) is 0.653. The number of carbonyl (C=O) groups is 2. The Morgan fingerprint density at radius 2 is 1.82 bits per heavy atom. The fraction of sp³-hybridized carbons (Fsp3) is 0.188. The lowest BCUT2D eigenvalue weighted by Gasteiger charge is -2.13. The van der Waals surface area contributed by atoms with Gasteiger partial charge in [-0.25, -0.2) is 4.79 Å². The molecule has 0 amide bonds. The summed E-state index contributed by atoms with van der Waals surface area (Å²) in [6.45, 7) is -0.0165. The topological polar surface area (TPSA) is 91.4 Å². The van der Waals surface area contributed by atoms with Crippen LogP contribution in [0.2, 0.25) is 0 Å². The molecule has 1 heterocycles. The maximum atomic E-state index is 12.2. The summed E-state index contributed by atoms with van der Waals surface area (Å²) in [5.74, 6) is -0.826. The third kappa shape index (κ3) is 3.48. The molecule has 0 fully saturated rings. The van der Waals surface area contributed by atoms with Crippen molar-refractivity contribution in [3.63, 3.8) is 0 Å². The van der Waals surface area contributed by atoms with E-state index in [1.165, 1.54) is 30.0 Å². The van der Waals surface area contributed by atoms with Gasteiger partial charge in [0, 0.05) is 24.4 Å². The molecule has 0 bridgehead atoms. The Morgan fingerprint density at radius 1 is 1.14 bits per heavy atom. The molecule has 6 nitrogen and oxygen atoms in total. The molecule has 0 aliphatic carbocycles. The minimum Gasteiger partial charge on any atom is -0.465 e. The summed E-state index contributed by atoms with van der Waals surface area (Å²) in [7, 11) is 1.25. The van der Waals surface area contributed by atoms with Crippen molar-refractivity contribution in [2.45, 2.75) is 12.6 Å². The molecular formula is C16H16N2O4. The highest BCUT2D eigenvalue weighted by Gasteiger charge is 2.17. The Kier molecular flexibility index (Phi) is 4.85. The molecule has 1 aromatic carbocycles. The van der Waals surface area contributed by atoms with Gasteiger partial charge < -0.3 is 15.0 Å². The molecule has 0 aliphatic heterocycles. The van der Waals surface area contributed by atoms with E-state index in [1.807, 2.05) is 0 Å². The lowest BCUT2D eigenvalue weighted by Crippen LogP contribution is -2.38. The summed E-state index contributed by atoms with van der Waals surface area (Å²) in [5, 5.41) is 0. The van der Waals surface area contributed by atoms with Gasteiger partial charge >= 0.3 is 5.97 Å². The van der Waals surface area contributed by atoms with Crippen molar-refractivity contribution in [2.24, 2.45) is 5.73 Å². The molecule has 2 aromatic rings. The summed E-state index contributed by atoms with van der Waals surface area (Å²) >= 11 is 0. The number of nitrogens with zero attached hydrogens (tertiary/aromatic N) is 1. The lowest BCUT2D eigenvalue weighted by atomic mass is 10.0. The number of ether oxygens (including phenoxy) is 1. The standard InChI is InChI=1S/C16H16N2O4/c1-22-16(21)12-7-8-14(19)18(9-12)10-13(17)15(20)11-5-3-2-4-6-11/h2-9,13H,10,17H2,1H3. The van der Waals surface area contributed by atoms with Crippen LogP contribution in [0, 0.1) is 0 Å². The molecule has 1 unspecified atom stereocenters. The number of carbonyl (C=O) groups excluding carboxylic acids is 2. The molecule has 6 heteroatoms. The first-order chi connectivity index (χ1) is 10.5. The first kappa shape index (κ1) is 15.7. The number of nitrogens with two attached hydrogens (primary N) is 1. The second-order valence-corrected chi connectivity index (χ2v) is 4.74. The van der Waals surface area contributed by atoms with Crippen LogP contribution in [-0.2, 0) is 11.3 Å². The summed E-state index contributed by atoms with van der Waals surface area (Å²) in [4.78, 5) is 35.5. The van der Waals surface area contributed by atoms with E-state index >= 15 is 0 Å². The molecule has 1 aromatic heterocycles. The second-order valence-electron chi connectivity index (χ2n) is 4.74. The molecule has 1 atom stereocenters. The number of hydrogen-bond donors (Lipinski definition) is 1. The highest BCUT2D eigenvalue weighted by Crippen LogP contribution is 2.05. The molecule has 0 radical (unpaired) electrons. The van der Waals surface area contributed by atoms with Crippen molar-refractivity contribution < 1.29 is 14.3 Å². The molecular weight excluding hydrogens is 284 g/mol. The van der Waals surface area contributed by atoms with E-state index in [2.05, 4.69) is 4.74 Å². The van der Waals surface area contributed by atoms with E-state index in [1.54, 1.807) is 30.3 Å². The van der Waals surface area contributed by atoms with Gasteiger partial charge in [0.15, 0.2) is 5.78 Å². The molecule has 22 heavy (non-hydrogen) atoms.